The molecule has 0 N–H and O–H groups in total. The first kappa shape index (κ1) is 7.88. The molecule has 1 aliphatic carbocycles. The molecule has 0 saturated heterocycles. The molecule has 1 aromatic rings. The van der Waals surface area contributed by atoms with Crippen LogP contribution in [0.15, 0.2) is 24.3 Å². The van der Waals surface area contributed by atoms with E-state index in [1.165, 1.54) is 16.7 Å². The highest BCUT2D eigenvalue weighted by atomic mass is 35.5. The molecule has 0 fully saturated rings. The van der Waals surface area contributed by atoms with Gasteiger partial charge in [-0.2, -0.15) is 0 Å². The van der Waals surface area contributed by atoms with Crippen molar-refractivity contribution in [3.63, 3.8) is 0 Å². The lowest BCUT2D eigenvalue weighted by Gasteiger charge is -2.14. The Morgan fingerprint density at radius 2 is 2.17 bits per heavy atom. The van der Waals surface area contributed by atoms with Crippen LogP contribution in [0.5, 0.6) is 0 Å². The van der Waals surface area contributed by atoms with Crippen LogP contribution in [0.25, 0.3) is 5.57 Å². The summed E-state index contributed by atoms with van der Waals surface area (Å²) in [5.74, 6) is 0. The Morgan fingerprint density at radius 1 is 1.33 bits per heavy atom. The standard InChI is InChI=1S/C11H11Cl/c1-8-3-2-4-9-7-10(12)5-6-11(8)9/h3,5-7H,2,4H2,1H3. The average Bonchev–Trinajstić information content (AvgIpc) is 2.04. The Balaban J connectivity index is 2.56. The third-order valence-electron chi connectivity index (χ3n) is 2.36. The monoisotopic (exact) mass is 178 g/mol. The summed E-state index contributed by atoms with van der Waals surface area (Å²) in [6, 6.07) is 6.15. The summed E-state index contributed by atoms with van der Waals surface area (Å²) >= 11 is 5.90. The molecule has 1 aromatic carbocycles. The van der Waals surface area contributed by atoms with Gasteiger partial charge in [-0.25, -0.2) is 0 Å². The smallest absolute Gasteiger partial charge is 0.0409 e. The van der Waals surface area contributed by atoms with Crippen molar-refractivity contribution in [1.29, 1.82) is 0 Å². The summed E-state index contributed by atoms with van der Waals surface area (Å²) in [4.78, 5) is 0. The second kappa shape index (κ2) is 2.95. The Bertz CT molecular complexity index is 337. The van der Waals surface area contributed by atoms with Gasteiger partial charge >= 0.3 is 0 Å². The number of hydrogen-bond acceptors (Lipinski definition) is 0. The van der Waals surface area contributed by atoms with E-state index < -0.39 is 0 Å². The molecule has 0 radical (unpaired) electrons. The number of fused-ring (bicyclic) bond motifs is 1. The third-order valence-corrected chi connectivity index (χ3v) is 2.59. The summed E-state index contributed by atoms with van der Waals surface area (Å²) in [7, 11) is 0. The lowest BCUT2D eigenvalue weighted by Crippen LogP contribution is -1.96. The zero-order chi connectivity index (χ0) is 8.55. The van der Waals surface area contributed by atoms with E-state index in [-0.39, 0.29) is 0 Å². The van der Waals surface area contributed by atoms with Crippen LogP contribution in [-0.4, -0.2) is 0 Å². The van der Waals surface area contributed by atoms with Gasteiger partial charge in [0, 0.05) is 5.02 Å². The number of benzene rings is 1. The number of hydrogen-bond donors (Lipinski definition) is 0. The molecule has 1 heteroatoms. The van der Waals surface area contributed by atoms with E-state index in [0.29, 0.717) is 0 Å². The minimum atomic E-state index is 0.850. The molecule has 0 atom stereocenters. The summed E-state index contributed by atoms with van der Waals surface area (Å²) < 4.78 is 0. The maximum absolute atomic E-state index is 5.90. The Kier molecular flexibility index (Phi) is 1.93. The van der Waals surface area contributed by atoms with E-state index in [1.54, 1.807) is 0 Å². The molecule has 62 valence electrons. The Labute approximate surface area is 77.9 Å². The van der Waals surface area contributed by atoms with E-state index in [0.717, 1.165) is 17.9 Å². The van der Waals surface area contributed by atoms with Gasteiger partial charge in [-0.3, -0.25) is 0 Å². The molecule has 0 amide bonds. The largest absolute Gasteiger partial charge is 0.0843 e. The highest BCUT2D eigenvalue weighted by molar-refractivity contribution is 6.30. The summed E-state index contributed by atoms with van der Waals surface area (Å²) in [6.07, 6.45) is 4.57. The quantitative estimate of drug-likeness (QED) is 0.569. The van der Waals surface area contributed by atoms with Gasteiger partial charge < -0.3 is 0 Å². The lowest BCUT2D eigenvalue weighted by molar-refractivity contribution is 0.975. The predicted octanol–water partition coefficient (Wildman–Crippen LogP) is 3.69. The van der Waals surface area contributed by atoms with Gasteiger partial charge in [0.15, 0.2) is 0 Å². The van der Waals surface area contributed by atoms with E-state index in [4.69, 9.17) is 11.6 Å². The van der Waals surface area contributed by atoms with Gasteiger partial charge in [-0.15, -0.1) is 0 Å². The first-order chi connectivity index (χ1) is 5.77. The topological polar surface area (TPSA) is 0 Å². The molecular weight excluding hydrogens is 168 g/mol. The van der Waals surface area contributed by atoms with Crippen molar-refractivity contribution in [1.82, 2.24) is 0 Å². The molecule has 0 aliphatic heterocycles. The maximum atomic E-state index is 5.90. The highest BCUT2D eigenvalue weighted by Crippen LogP contribution is 2.27. The van der Waals surface area contributed by atoms with Gasteiger partial charge in [-0.05, 0) is 48.6 Å². The molecule has 0 aromatic heterocycles. The van der Waals surface area contributed by atoms with E-state index in [9.17, 15) is 0 Å². The number of allylic oxidation sites excluding steroid dienone is 2. The van der Waals surface area contributed by atoms with Crippen LogP contribution in [-0.2, 0) is 6.42 Å². The fourth-order valence-electron chi connectivity index (χ4n) is 1.71. The predicted molar refractivity (Wildman–Crippen MR) is 53.4 cm³/mol. The van der Waals surface area contributed by atoms with E-state index in [1.807, 2.05) is 6.07 Å². The summed E-state index contributed by atoms with van der Waals surface area (Å²) in [5, 5.41) is 0.850. The molecule has 0 nitrogen and oxygen atoms in total. The molecule has 0 bridgehead atoms. The van der Waals surface area contributed by atoms with E-state index in [2.05, 4.69) is 25.1 Å². The SMILES string of the molecule is CC1=CCCc2cc(Cl)ccc21. The second-order valence-corrected chi connectivity index (χ2v) is 3.66. The van der Waals surface area contributed by atoms with Crippen molar-refractivity contribution in [3.05, 3.63) is 40.4 Å². The average molecular weight is 179 g/mol. The molecule has 0 heterocycles. The molecule has 12 heavy (non-hydrogen) atoms. The molecule has 0 spiro atoms. The van der Waals surface area contributed by atoms with Crippen molar-refractivity contribution in [3.8, 4) is 0 Å². The minimum Gasteiger partial charge on any atom is -0.0843 e. The van der Waals surface area contributed by atoms with Gasteiger partial charge in [0.2, 0.25) is 0 Å². The fraction of sp³-hybridized carbons (Fsp3) is 0.273. The van der Waals surface area contributed by atoms with Gasteiger partial charge in [-0.1, -0.05) is 23.7 Å². The van der Waals surface area contributed by atoms with Crippen molar-refractivity contribution >= 4 is 17.2 Å². The van der Waals surface area contributed by atoms with Gasteiger partial charge in [0.25, 0.3) is 0 Å². The molecule has 1 aliphatic rings. The van der Waals surface area contributed by atoms with Gasteiger partial charge in [0.1, 0.15) is 0 Å². The Morgan fingerprint density at radius 3 is 3.00 bits per heavy atom. The molecule has 0 unspecified atom stereocenters. The zero-order valence-corrected chi connectivity index (χ0v) is 7.86. The van der Waals surface area contributed by atoms with Crippen molar-refractivity contribution in [2.45, 2.75) is 19.8 Å². The molecule has 0 saturated carbocycles. The van der Waals surface area contributed by atoms with Crippen molar-refractivity contribution in [2.75, 3.05) is 0 Å². The number of aryl methyl sites for hydroxylation is 1. The lowest BCUT2D eigenvalue weighted by atomic mass is 9.92. The van der Waals surface area contributed by atoms with Crippen LogP contribution < -0.4 is 0 Å². The van der Waals surface area contributed by atoms with Crippen LogP contribution in [0.3, 0.4) is 0 Å². The first-order valence-corrected chi connectivity index (χ1v) is 4.61. The van der Waals surface area contributed by atoms with Gasteiger partial charge in [0.05, 0.1) is 0 Å². The maximum Gasteiger partial charge on any atom is 0.0409 e. The third kappa shape index (κ3) is 1.27. The van der Waals surface area contributed by atoms with E-state index >= 15 is 0 Å². The van der Waals surface area contributed by atoms with Crippen LogP contribution in [0.2, 0.25) is 5.02 Å². The first-order valence-electron chi connectivity index (χ1n) is 4.23. The summed E-state index contributed by atoms with van der Waals surface area (Å²) in [5.41, 5.74) is 4.14. The molecule has 2 rings (SSSR count). The number of halogens is 1. The van der Waals surface area contributed by atoms with Crippen molar-refractivity contribution in [2.24, 2.45) is 0 Å². The van der Waals surface area contributed by atoms with Crippen LogP contribution >= 0.6 is 11.6 Å². The normalized spacial score (nSPS) is 15.3. The van der Waals surface area contributed by atoms with Crippen LogP contribution in [0.4, 0.5) is 0 Å². The highest BCUT2D eigenvalue weighted by Gasteiger charge is 2.08. The van der Waals surface area contributed by atoms with Crippen LogP contribution in [0.1, 0.15) is 24.5 Å². The summed E-state index contributed by atoms with van der Waals surface area (Å²) in [6.45, 7) is 2.16. The fourth-order valence-corrected chi connectivity index (χ4v) is 1.90. The van der Waals surface area contributed by atoms with Crippen LogP contribution in [0, 0.1) is 0 Å². The Hall–Kier alpha value is -0.750. The zero-order valence-electron chi connectivity index (χ0n) is 7.10. The molecular formula is C11H11Cl. The number of rotatable bonds is 0. The minimum absolute atomic E-state index is 0.850. The second-order valence-electron chi connectivity index (χ2n) is 3.23. The van der Waals surface area contributed by atoms with Crippen molar-refractivity contribution < 1.29 is 0 Å².